The zero-order valence-electron chi connectivity index (χ0n) is 11.0. The molecule has 6 heteroatoms. The number of alkyl halides is 3. The molecular formula is C14H16F3N2O. The third kappa shape index (κ3) is 3.96. The van der Waals surface area contributed by atoms with E-state index in [4.69, 9.17) is 0 Å². The van der Waals surface area contributed by atoms with Gasteiger partial charge in [-0.2, -0.15) is 13.2 Å². The van der Waals surface area contributed by atoms with E-state index in [1.165, 1.54) is 12.1 Å². The van der Waals surface area contributed by atoms with Crippen molar-refractivity contribution in [1.29, 1.82) is 0 Å². The van der Waals surface area contributed by atoms with Gasteiger partial charge in [0, 0.05) is 19.6 Å². The van der Waals surface area contributed by atoms with Crippen LogP contribution in [0, 0.1) is 0 Å². The molecule has 20 heavy (non-hydrogen) atoms. The van der Waals surface area contributed by atoms with Gasteiger partial charge in [0.2, 0.25) is 5.91 Å². The number of piperazine rings is 1. The van der Waals surface area contributed by atoms with Gasteiger partial charge in [-0.3, -0.25) is 4.79 Å². The number of amides is 1. The third-order valence-corrected chi connectivity index (χ3v) is 3.30. The van der Waals surface area contributed by atoms with Crippen LogP contribution < -0.4 is 5.32 Å². The van der Waals surface area contributed by atoms with Gasteiger partial charge in [0.05, 0.1) is 12.1 Å². The van der Waals surface area contributed by atoms with Gasteiger partial charge in [0.25, 0.3) is 0 Å². The van der Waals surface area contributed by atoms with Gasteiger partial charge in [-0.05, 0) is 30.5 Å². The lowest BCUT2D eigenvalue weighted by molar-refractivity contribution is -0.137. The van der Waals surface area contributed by atoms with Gasteiger partial charge in [0.15, 0.2) is 0 Å². The lowest BCUT2D eigenvalue weighted by Crippen LogP contribution is -2.45. The number of benzene rings is 1. The Morgan fingerprint density at radius 2 is 1.90 bits per heavy atom. The highest BCUT2D eigenvalue weighted by Gasteiger charge is 2.29. The number of hydrogen-bond donors (Lipinski definition) is 0. The lowest BCUT2D eigenvalue weighted by Gasteiger charge is -2.26. The van der Waals surface area contributed by atoms with Crippen LogP contribution in [0.4, 0.5) is 13.2 Å². The number of rotatable bonds is 4. The Morgan fingerprint density at radius 3 is 2.50 bits per heavy atom. The minimum Gasteiger partial charge on any atom is -0.340 e. The van der Waals surface area contributed by atoms with Crippen LogP contribution in [0.2, 0.25) is 0 Å². The first kappa shape index (κ1) is 14.8. The fourth-order valence-corrected chi connectivity index (χ4v) is 2.16. The van der Waals surface area contributed by atoms with Gasteiger partial charge >= 0.3 is 6.18 Å². The van der Waals surface area contributed by atoms with Crippen molar-refractivity contribution in [2.24, 2.45) is 0 Å². The minimum atomic E-state index is -4.29. The number of carbonyl (C=O) groups is 1. The van der Waals surface area contributed by atoms with E-state index in [0.717, 1.165) is 24.1 Å². The van der Waals surface area contributed by atoms with Crippen LogP contribution in [0.3, 0.4) is 0 Å². The third-order valence-electron chi connectivity index (χ3n) is 3.30. The van der Waals surface area contributed by atoms with E-state index in [0.29, 0.717) is 26.1 Å². The van der Waals surface area contributed by atoms with Gasteiger partial charge in [0.1, 0.15) is 0 Å². The summed E-state index contributed by atoms with van der Waals surface area (Å²) in [6.07, 6.45) is -2.88. The van der Waals surface area contributed by atoms with Crippen molar-refractivity contribution < 1.29 is 18.0 Å². The Morgan fingerprint density at radius 1 is 1.20 bits per heavy atom. The largest absolute Gasteiger partial charge is 0.416 e. The van der Waals surface area contributed by atoms with Crippen LogP contribution in [0.1, 0.15) is 17.5 Å². The van der Waals surface area contributed by atoms with Crippen molar-refractivity contribution in [3.05, 3.63) is 35.4 Å². The first-order valence-corrected chi connectivity index (χ1v) is 6.54. The van der Waals surface area contributed by atoms with Crippen molar-refractivity contribution in [3.8, 4) is 0 Å². The van der Waals surface area contributed by atoms with Gasteiger partial charge in [-0.15, -0.1) is 0 Å². The molecule has 1 aromatic rings. The summed E-state index contributed by atoms with van der Waals surface area (Å²) in [5.74, 6) is 0.0312. The first-order valence-electron chi connectivity index (χ1n) is 6.54. The predicted molar refractivity (Wildman–Crippen MR) is 68.2 cm³/mol. The van der Waals surface area contributed by atoms with E-state index in [9.17, 15) is 18.0 Å². The fraction of sp³-hybridized carbons (Fsp3) is 0.500. The molecular weight excluding hydrogens is 269 g/mol. The van der Waals surface area contributed by atoms with E-state index in [-0.39, 0.29) is 12.5 Å². The van der Waals surface area contributed by atoms with Crippen molar-refractivity contribution in [2.45, 2.75) is 19.0 Å². The molecule has 0 spiro atoms. The number of nitrogens with zero attached hydrogens (tertiary/aromatic N) is 2. The Hall–Kier alpha value is -1.56. The normalized spacial score (nSPS) is 16.6. The van der Waals surface area contributed by atoms with E-state index in [1.54, 1.807) is 4.90 Å². The summed E-state index contributed by atoms with van der Waals surface area (Å²) < 4.78 is 37.2. The predicted octanol–water partition coefficient (Wildman–Crippen LogP) is 2.08. The van der Waals surface area contributed by atoms with Crippen LogP contribution in [0.25, 0.3) is 0 Å². The maximum atomic E-state index is 12.4. The van der Waals surface area contributed by atoms with Gasteiger partial charge < -0.3 is 4.90 Å². The van der Waals surface area contributed by atoms with Crippen molar-refractivity contribution in [2.75, 3.05) is 26.2 Å². The standard InChI is InChI=1S/C14H16F3N2O/c15-14(16,17)12-5-3-11(4-6-12)2-1-8-19-9-7-18-10-13(19)20/h3-6H,1-2,7-10H2. The summed E-state index contributed by atoms with van der Waals surface area (Å²) in [6, 6.07) is 5.19. The second-order valence-corrected chi connectivity index (χ2v) is 4.78. The monoisotopic (exact) mass is 285 g/mol. The Bertz CT molecular complexity index is 456. The zero-order chi connectivity index (χ0) is 14.6. The first-order chi connectivity index (χ1) is 9.47. The van der Waals surface area contributed by atoms with E-state index in [2.05, 4.69) is 5.32 Å². The number of carbonyl (C=O) groups excluding carboxylic acids is 1. The average molecular weight is 285 g/mol. The second-order valence-electron chi connectivity index (χ2n) is 4.78. The van der Waals surface area contributed by atoms with E-state index in [1.807, 2.05) is 0 Å². The molecule has 0 bridgehead atoms. The van der Waals surface area contributed by atoms with Crippen molar-refractivity contribution in [3.63, 3.8) is 0 Å². The molecule has 0 N–H and O–H groups in total. The zero-order valence-corrected chi connectivity index (χ0v) is 11.0. The number of hydrogen-bond acceptors (Lipinski definition) is 1. The fourth-order valence-electron chi connectivity index (χ4n) is 2.16. The molecule has 109 valence electrons. The van der Waals surface area contributed by atoms with Gasteiger partial charge in [-0.25, -0.2) is 5.32 Å². The highest BCUT2D eigenvalue weighted by Crippen LogP contribution is 2.29. The number of halogens is 3. The Kier molecular flexibility index (Phi) is 4.65. The molecule has 1 fully saturated rings. The molecule has 0 unspecified atom stereocenters. The second kappa shape index (κ2) is 6.26. The van der Waals surface area contributed by atoms with Crippen LogP contribution in [-0.4, -0.2) is 37.0 Å². The van der Waals surface area contributed by atoms with Crippen LogP contribution in [0.15, 0.2) is 24.3 Å². The van der Waals surface area contributed by atoms with E-state index < -0.39 is 11.7 Å². The molecule has 1 heterocycles. The topological polar surface area (TPSA) is 34.4 Å². The molecule has 1 aromatic carbocycles. The Balaban J connectivity index is 1.81. The van der Waals surface area contributed by atoms with Crippen molar-refractivity contribution >= 4 is 5.91 Å². The highest BCUT2D eigenvalue weighted by molar-refractivity contribution is 5.78. The molecule has 3 nitrogen and oxygen atoms in total. The maximum Gasteiger partial charge on any atom is 0.416 e. The number of aryl methyl sites for hydroxylation is 1. The van der Waals surface area contributed by atoms with Crippen molar-refractivity contribution in [1.82, 2.24) is 10.2 Å². The molecule has 1 saturated heterocycles. The van der Waals surface area contributed by atoms with Crippen LogP contribution in [0.5, 0.6) is 0 Å². The molecule has 0 atom stereocenters. The summed E-state index contributed by atoms with van der Waals surface area (Å²) in [4.78, 5) is 13.3. The van der Waals surface area contributed by atoms with Crippen LogP contribution >= 0.6 is 0 Å². The molecule has 0 saturated carbocycles. The summed E-state index contributed by atoms with van der Waals surface area (Å²) in [5.41, 5.74) is 0.223. The molecule has 1 amide bonds. The molecule has 1 aliphatic heterocycles. The lowest BCUT2D eigenvalue weighted by atomic mass is 10.1. The summed E-state index contributed by atoms with van der Waals surface area (Å²) in [7, 11) is 0. The Labute approximate surface area is 115 Å². The molecule has 0 aliphatic carbocycles. The average Bonchev–Trinajstić information content (AvgIpc) is 2.40. The smallest absolute Gasteiger partial charge is 0.340 e. The minimum absolute atomic E-state index is 0.0312. The quantitative estimate of drug-likeness (QED) is 0.834. The molecule has 2 rings (SSSR count). The maximum absolute atomic E-state index is 12.4. The van der Waals surface area contributed by atoms with Gasteiger partial charge in [-0.1, -0.05) is 12.1 Å². The summed E-state index contributed by atoms with van der Waals surface area (Å²) >= 11 is 0. The SMILES string of the molecule is O=C1C[N]CCN1CCCc1ccc(C(F)(F)F)cc1. The molecule has 1 radical (unpaired) electrons. The van der Waals surface area contributed by atoms with Crippen LogP contribution in [-0.2, 0) is 17.4 Å². The molecule has 1 aliphatic rings. The summed E-state index contributed by atoms with van der Waals surface area (Å²) in [6.45, 7) is 2.20. The highest BCUT2D eigenvalue weighted by atomic mass is 19.4. The molecule has 0 aromatic heterocycles. The van der Waals surface area contributed by atoms with E-state index >= 15 is 0 Å². The summed E-state index contributed by atoms with van der Waals surface area (Å²) in [5, 5.41) is 4.01.